The monoisotopic (exact) mass is 316 g/mol. The van der Waals surface area contributed by atoms with Crippen molar-refractivity contribution in [3.05, 3.63) is 29.8 Å². The third kappa shape index (κ3) is 3.91. The van der Waals surface area contributed by atoms with Crippen LogP contribution in [0.15, 0.2) is 24.3 Å². The lowest BCUT2D eigenvalue weighted by atomic mass is 9.99. The number of hydrogen-bond acceptors (Lipinski definition) is 4. The van der Waals surface area contributed by atoms with Crippen LogP contribution in [0.5, 0.6) is 5.75 Å². The third-order valence-corrected chi connectivity index (χ3v) is 4.83. The van der Waals surface area contributed by atoms with Crippen LogP contribution in [-0.2, 0) is 4.79 Å². The topological polar surface area (TPSA) is 58.6 Å². The van der Waals surface area contributed by atoms with Gasteiger partial charge >= 0.3 is 0 Å². The van der Waals surface area contributed by atoms with Crippen molar-refractivity contribution in [1.82, 2.24) is 10.2 Å². The summed E-state index contributed by atoms with van der Waals surface area (Å²) in [7, 11) is 0. The van der Waals surface area contributed by atoms with Crippen molar-refractivity contribution in [3.63, 3.8) is 0 Å². The SMILES string of the molecule is CC(=O)c1ccc(OCC(=O)N[C@H]2CCN3CCCC[C@@H]23)cc1. The van der Waals surface area contributed by atoms with Gasteiger partial charge in [-0.15, -0.1) is 0 Å². The second-order valence-corrected chi connectivity index (χ2v) is 6.43. The molecular formula is C18H24N2O3. The Bertz CT molecular complexity index is 570. The summed E-state index contributed by atoms with van der Waals surface area (Å²) < 4.78 is 5.51. The molecule has 0 aromatic heterocycles. The smallest absolute Gasteiger partial charge is 0.258 e. The van der Waals surface area contributed by atoms with E-state index in [0.717, 1.165) is 19.5 Å². The average Bonchev–Trinajstić information content (AvgIpc) is 2.96. The molecule has 0 bridgehead atoms. The van der Waals surface area contributed by atoms with E-state index in [4.69, 9.17) is 4.74 Å². The highest BCUT2D eigenvalue weighted by Gasteiger charge is 2.36. The van der Waals surface area contributed by atoms with Gasteiger partial charge in [0.1, 0.15) is 5.75 Å². The Morgan fingerprint density at radius 3 is 2.70 bits per heavy atom. The Labute approximate surface area is 137 Å². The summed E-state index contributed by atoms with van der Waals surface area (Å²) in [6, 6.07) is 7.64. The number of piperidine rings is 1. The predicted octanol–water partition coefficient (Wildman–Crippen LogP) is 2.01. The largest absolute Gasteiger partial charge is 0.484 e. The van der Waals surface area contributed by atoms with E-state index in [1.165, 1.54) is 26.2 Å². The lowest BCUT2D eigenvalue weighted by Gasteiger charge is -2.32. The fraction of sp³-hybridized carbons (Fsp3) is 0.556. The third-order valence-electron chi connectivity index (χ3n) is 4.83. The average molecular weight is 316 g/mol. The van der Waals surface area contributed by atoms with Crippen molar-refractivity contribution in [2.24, 2.45) is 0 Å². The number of Topliss-reactive ketones (excluding diaryl/α,β-unsaturated/α-hetero) is 1. The zero-order chi connectivity index (χ0) is 16.2. The number of nitrogens with one attached hydrogen (secondary N) is 1. The Kier molecular flexibility index (Phi) is 4.96. The van der Waals surface area contributed by atoms with E-state index in [1.54, 1.807) is 24.3 Å². The maximum absolute atomic E-state index is 12.1. The number of amides is 1. The van der Waals surface area contributed by atoms with Gasteiger partial charge in [-0.3, -0.25) is 14.5 Å². The Balaban J connectivity index is 1.47. The minimum Gasteiger partial charge on any atom is -0.484 e. The Hall–Kier alpha value is -1.88. The molecule has 0 radical (unpaired) electrons. The van der Waals surface area contributed by atoms with Gasteiger partial charge in [0.05, 0.1) is 0 Å². The van der Waals surface area contributed by atoms with E-state index in [1.807, 2.05) is 0 Å². The van der Waals surface area contributed by atoms with Crippen molar-refractivity contribution in [2.45, 2.75) is 44.7 Å². The second kappa shape index (κ2) is 7.13. The van der Waals surface area contributed by atoms with Crippen LogP contribution >= 0.6 is 0 Å². The fourth-order valence-corrected chi connectivity index (χ4v) is 3.60. The zero-order valence-electron chi connectivity index (χ0n) is 13.6. The highest BCUT2D eigenvalue weighted by atomic mass is 16.5. The molecule has 2 heterocycles. The van der Waals surface area contributed by atoms with Crippen LogP contribution in [0.3, 0.4) is 0 Å². The summed E-state index contributed by atoms with van der Waals surface area (Å²) in [5, 5.41) is 3.12. The first kappa shape index (κ1) is 16.0. The van der Waals surface area contributed by atoms with Gasteiger partial charge in [-0.2, -0.15) is 0 Å². The van der Waals surface area contributed by atoms with E-state index >= 15 is 0 Å². The van der Waals surface area contributed by atoms with Gasteiger partial charge in [0.2, 0.25) is 0 Å². The number of benzene rings is 1. The molecule has 2 atom stereocenters. The summed E-state index contributed by atoms with van der Waals surface area (Å²) in [5.74, 6) is 0.557. The molecular weight excluding hydrogens is 292 g/mol. The lowest BCUT2D eigenvalue weighted by Crippen LogP contribution is -2.47. The molecule has 1 N–H and O–H groups in total. The predicted molar refractivity (Wildman–Crippen MR) is 87.7 cm³/mol. The molecule has 1 amide bonds. The van der Waals surface area contributed by atoms with Gasteiger partial charge in [-0.05, 0) is 57.0 Å². The molecule has 1 aromatic carbocycles. The number of ketones is 1. The summed E-state index contributed by atoms with van der Waals surface area (Å²) in [4.78, 5) is 25.8. The summed E-state index contributed by atoms with van der Waals surface area (Å²) in [5.41, 5.74) is 0.644. The molecule has 0 aliphatic carbocycles. The molecule has 2 aliphatic heterocycles. The quantitative estimate of drug-likeness (QED) is 0.844. The normalized spacial score (nSPS) is 24.0. The minimum atomic E-state index is -0.0712. The van der Waals surface area contributed by atoms with Crippen LogP contribution in [0.4, 0.5) is 0 Å². The number of carbonyl (C=O) groups is 2. The van der Waals surface area contributed by atoms with Crippen LogP contribution in [0, 0.1) is 0 Å². The first-order valence-electron chi connectivity index (χ1n) is 8.41. The number of fused-ring (bicyclic) bond motifs is 1. The van der Waals surface area contributed by atoms with Crippen molar-refractivity contribution >= 4 is 11.7 Å². The summed E-state index contributed by atoms with van der Waals surface area (Å²) in [6.45, 7) is 3.79. The minimum absolute atomic E-state index is 0.0165. The molecule has 2 fully saturated rings. The Morgan fingerprint density at radius 2 is 1.96 bits per heavy atom. The second-order valence-electron chi connectivity index (χ2n) is 6.43. The van der Waals surface area contributed by atoms with E-state index in [2.05, 4.69) is 10.2 Å². The van der Waals surface area contributed by atoms with Gasteiger partial charge in [-0.1, -0.05) is 6.42 Å². The number of rotatable bonds is 5. The molecule has 0 unspecified atom stereocenters. The van der Waals surface area contributed by atoms with E-state index in [9.17, 15) is 9.59 Å². The summed E-state index contributed by atoms with van der Waals surface area (Å²) >= 11 is 0. The summed E-state index contributed by atoms with van der Waals surface area (Å²) in [6.07, 6.45) is 4.74. The van der Waals surface area contributed by atoms with Crippen LogP contribution < -0.4 is 10.1 Å². The molecule has 2 aliphatic rings. The first-order chi connectivity index (χ1) is 11.1. The molecule has 1 aromatic rings. The van der Waals surface area contributed by atoms with Gasteiger partial charge < -0.3 is 10.1 Å². The van der Waals surface area contributed by atoms with Crippen LogP contribution in [0.2, 0.25) is 0 Å². The fourth-order valence-electron chi connectivity index (χ4n) is 3.60. The van der Waals surface area contributed by atoms with Gasteiger partial charge in [0.15, 0.2) is 12.4 Å². The highest BCUT2D eigenvalue weighted by Crippen LogP contribution is 2.27. The number of carbonyl (C=O) groups excluding carboxylic acids is 2. The van der Waals surface area contributed by atoms with Gasteiger partial charge in [0.25, 0.3) is 5.91 Å². The number of nitrogens with zero attached hydrogens (tertiary/aromatic N) is 1. The van der Waals surface area contributed by atoms with Gasteiger partial charge in [0, 0.05) is 24.2 Å². The highest BCUT2D eigenvalue weighted by molar-refractivity contribution is 5.94. The first-order valence-corrected chi connectivity index (χ1v) is 8.41. The lowest BCUT2D eigenvalue weighted by molar-refractivity contribution is -0.124. The van der Waals surface area contributed by atoms with Crippen LogP contribution in [0.1, 0.15) is 43.0 Å². The van der Waals surface area contributed by atoms with Crippen molar-refractivity contribution in [2.75, 3.05) is 19.7 Å². The standard InChI is InChI=1S/C18H24N2O3/c1-13(21)14-5-7-15(8-6-14)23-12-18(22)19-16-9-11-20-10-3-2-4-17(16)20/h5-8,16-17H,2-4,9-12H2,1H3,(H,19,22)/t16-,17-/m0/s1. The molecule has 5 heteroatoms. The molecule has 2 saturated heterocycles. The van der Waals surface area contributed by atoms with Crippen molar-refractivity contribution < 1.29 is 14.3 Å². The molecule has 23 heavy (non-hydrogen) atoms. The zero-order valence-corrected chi connectivity index (χ0v) is 13.6. The van der Waals surface area contributed by atoms with Gasteiger partial charge in [-0.25, -0.2) is 0 Å². The number of hydrogen-bond donors (Lipinski definition) is 1. The molecule has 0 spiro atoms. The van der Waals surface area contributed by atoms with Crippen molar-refractivity contribution in [3.8, 4) is 5.75 Å². The molecule has 3 rings (SSSR count). The van der Waals surface area contributed by atoms with Crippen LogP contribution in [-0.4, -0.2) is 48.4 Å². The Morgan fingerprint density at radius 1 is 1.17 bits per heavy atom. The molecule has 0 saturated carbocycles. The van der Waals surface area contributed by atoms with E-state index in [0.29, 0.717) is 17.4 Å². The number of ether oxygens (including phenoxy) is 1. The maximum atomic E-state index is 12.1. The maximum Gasteiger partial charge on any atom is 0.258 e. The van der Waals surface area contributed by atoms with E-state index in [-0.39, 0.29) is 24.3 Å². The van der Waals surface area contributed by atoms with E-state index < -0.39 is 0 Å². The van der Waals surface area contributed by atoms with Crippen molar-refractivity contribution in [1.29, 1.82) is 0 Å². The molecule has 124 valence electrons. The molecule has 5 nitrogen and oxygen atoms in total. The van der Waals surface area contributed by atoms with Crippen LogP contribution in [0.25, 0.3) is 0 Å².